The first kappa shape index (κ1) is 22.8. The lowest BCUT2D eigenvalue weighted by molar-refractivity contribution is -0.139. The molecular weight excluding hydrogens is 440 g/mol. The topological polar surface area (TPSA) is 62.0 Å². The van der Waals surface area contributed by atoms with Gasteiger partial charge in [0.1, 0.15) is 5.82 Å². The number of halogens is 4. The number of alkyl halides is 3. The molecule has 2 aromatic heterocycles. The van der Waals surface area contributed by atoms with Crippen LogP contribution in [0.4, 0.5) is 17.6 Å². The van der Waals surface area contributed by atoms with E-state index in [4.69, 9.17) is 0 Å². The molecule has 9 heteroatoms. The molecule has 4 rings (SSSR count). The summed E-state index contributed by atoms with van der Waals surface area (Å²) in [5.41, 5.74) is 2.02. The van der Waals surface area contributed by atoms with Crippen molar-refractivity contribution in [2.45, 2.75) is 44.3 Å². The average Bonchev–Trinajstić information content (AvgIpc) is 3.06. The quantitative estimate of drug-likeness (QED) is 0.576. The number of fused-ring (bicyclic) bond motifs is 3. The number of likely N-dealkylation sites (N-methyl/N-ethyl adjacent to an activating group) is 1. The van der Waals surface area contributed by atoms with Crippen LogP contribution in [-0.2, 0) is 41.4 Å². The highest BCUT2D eigenvalue weighted by atomic mass is 19.4. The Bertz CT molecular complexity index is 1230. The Morgan fingerprint density at radius 2 is 1.94 bits per heavy atom. The molecule has 2 heterocycles. The van der Waals surface area contributed by atoms with E-state index in [-0.39, 0.29) is 18.0 Å². The van der Waals surface area contributed by atoms with E-state index in [0.29, 0.717) is 25.3 Å². The molecule has 0 bridgehead atoms. The molecule has 0 unspecified atom stereocenters. The number of benzene rings is 1. The third-order valence-electron chi connectivity index (χ3n) is 6.32. The zero-order chi connectivity index (χ0) is 23.9. The zero-order valence-electron chi connectivity index (χ0n) is 17.8. The van der Waals surface area contributed by atoms with Crippen molar-refractivity contribution in [3.8, 4) is 0 Å². The van der Waals surface area contributed by atoms with Gasteiger partial charge < -0.3 is 14.4 Å². The molecule has 33 heavy (non-hydrogen) atoms. The molecule has 0 radical (unpaired) electrons. The molecule has 5 nitrogen and oxygen atoms in total. The normalized spacial score (nSPS) is 16.0. The molecule has 1 aliphatic carbocycles. The number of rotatable bonds is 5. The van der Waals surface area contributed by atoms with Crippen LogP contribution >= 0.6 is 0 Å². The Hall–Kier alpha value is -3.36. The van der Waals surface area contributed by atoms with Crippen molar-refractivity contribution in [3.05, 3.63) is 76.4 Å². The summed E-state index contributed by atoms with van der Waals surface area (Å²) in [4.78, 5) is 25.7. The number of carbonyl (C=O) groups excluding carboxylic acids is 1. The molecule has 1 amide bonds. The van der Waals surface area contributed by atoms with Crippen LogP contribution in [0.15, 0.2) is 42.6 Å². The van der Waals surface area contributed by atoms with E-state index in [1.807, 2.05) is 28.8 Å². The lowest BCUT2D eigenvalue weighted by Gasteiger charge is -2.32. The summed E-state index contributed by atoms with van der Waals surface area (Å²) >= 11 is 0. The number of carboxylic acid groups (broad SMARTS) is 1. The maximum atomic E-state index is 13.4. The van der Waals surface area contributed by atoms with Crippen molar-refractivity contribution >= 4 is 17.4 Å². The van der Waals surface area contributed by atoms with Crippen molar-refractivity contribution in [2.75, 3.05) is 7.05 Å². The minimum Gasteiger partial charge on any atom is -0.481 e. The number of hydrogen-bond acceptors (Lipinski definition) is 2. The fraction of sp³-hybridized carbons (Fsp3) is 0.333. The number of carbonyl (C=O) groups is 2. The maximum Gasteiger partial charge on any atom is 0.416 e. The van der Waals surface area contributed by atoms with Crippen LogP contribution in [0.3, 0.4) is 0 Å². The lowest BCUT2D eigenvalue weighted by atomic mass is 9.89. The van der Waals surface area contributed by atoms with Gasteiger partial charge in [-0.05, 0) is 53.8 Å². The van der Waals surface area contributed by atoms with E-state index in [2.05, 4.69) is 0 Å². The first-order valence-electron chi connectivity index (χ1n) is 10.5. The van der Waals surface area contributed by atoms with Gasteiger partial charge in [-0.25, -0.2) is 4.39 Å². The van der Waals surface area contributed by atoms with E-state index in [1.165, 1.54) is 4.90 Å². The Labute approximate surface area is 187 Å². The SMILES string of the molecule is CN(C(=O)Cc1ccc(F)cc1C(F)(F)F)[C@@H]1CCc2c(CC(=O)O)c3ccccn3c2C1. The van der Waals surface area contributed by atoms with Gasteiger partial charge in [0.15, 0.2) is 0 Å². The summed E-state index contributed by atoms with van der Waals surface area (Å²) < 4.78 is 55.2. The molecule has 1 atom stereocenters. The molecule has 3 aromatic rings. The van der Waals surface area contributed by atoms with Crippen LogP contribution in [0.1, 0.15) is 34.4 Å². The number of hydrogen-bond donors (Lipinski definition) is 1. The predicted octanol–water partition coefficient (Wildman–Crippen LogP) is 4.28. The first-order valence-corrected chi connectivity index (χ1v) is 10.5. The van der Waals surface area contributed by atoms with Crippen LogP contribution in [0.5, 0.6) is 0 Å². The van der Waals surface area contributed by atoms with Crippen molar-refractivity contribution in [2.24, 2.45) is 0 Å². The van der Waals surface area contributed by atoms with Gasteiger partial charge in [-0.2, -0.15) is 13.2 Å². The molecule has 0 aliphatic heterocycles. The molecule has 1 aromatic carbocycles. The van der Waals surface area contributed by atoms with Crippen LogP contribution in [0, 0.1) is 5.82 Å². The summed E-state index contributed by atoms with van der Waals surface area (Å²) in [6.07, 6.45) is -1.93. The highest BCUT2D eigenvalue weighted by Crippen LogP contribution is 2.34. The number of aliphatic carboxylic acids is 1. The second kappa shape index (κ2) is 8.53. The maximum absolute atomic E-state index is 13.4. The van der Waals surface area contributed by atoms with Gasteiger partial charge in [0, 0.05) is 36.9 Å². The zero-order valence-corrected chi connectivity index (χ0v) is 17.8. The minimum atomic E-state index is -4.76. The third kappa shape index (κ3) is 4.44. The fourth-order valence-electron chi connectivity index (χ4n) is 4.69. The van der Waals surface area contributed by atoms with Gasteiger partial charge in [0.2, 0.25) is 5.91 Å². The fourth-order valence-corrected chi connectivity index (χ4v) is 4.69. The standard InChI is InChI=1S/C24H22F4N2O3/c1-29(22(31)10-14-5-6-15(25)11-19(14)24(26,27)28)16-7-8-17-18(13-23(32)33)20-4-2-3-9-30(20)21(17)12-16/h2-6,9,11,16H,7-8,10,12-13H2,1H3,(H,32,33)/t16-/m1/s1. The Morgan fingerprint density at radius 1 is 1.18 bits per heavy atom. The van der Waals surface area contributed by atoms with Crippen LogP contribution in [-0.4, -0.2) is 39.4 Å². The summed E-state index contributed by atoms with van der Waals surface area (Å²) in [5, 5.41) is 9.33. The second-order valence-electron chi connectivity index (χ2n) is 8.31. The van der Waals surface area contributed by atoms with Gasteiger partial charge in [0.05, 0.1) is 18.4 Å². The highest BCUT2D eigenvalue weighted by Gasteiger charge is 2.35. The summed E-state index contributed by atoms with van der Waals surface area (Å²) in [5.74, 6) is -2.43. The van der Waals surface area contributed by atoms with Crippen molar-refractivity contribution < 1.29 is 32.3 Å². The summed E-state index contributed by atoms with van der Waals surface area (Å²) in [6.45, 7) is 0. The Morgan fingerprint density at radius 3 is 2.64 bits per heavy atom. The predicted molar refractivity (Wildman–Crippen MR) is 112 cm³/mol. The first-order chi connectivity index (χ1) is 15.6. The summed E-state index contributed by atoms with van der Waals surface area (Å²) in [6, 6.07) is 7.60. The minimum absolute atomic E-state index is 0.104. The molecule has 1 aliphatic rings. The van der Waals surface area contributed by atoms with Gasteiger partial charge in [-0.1, -0.05) is 12.1 Å². The van der Waals surface area contributed by atoms with Crippen LogP contribution < -0.4 is 0 Å². The number of pyridine rings is 1. The number of amides is 1. The lowest BCUT2D eigenvalue weighted by Crippen LogP contribution is -2.41. The number of aromatic nitrogens is 1. The van der Waals surface area contributed by atoms with Gasteiger partial charge in [0.25, 0.3) is 0 Å². The van der Waals surface area contributed by atoms with E-state index in [1.54, 1.807) is 7.05 Å². The largest absolute Gasteiger partial charge is 0.481 e. The van der Waals surface area contributed by atoms with Gasteiger partial charge >= 0.3 is 12.1 Å². The van der Waals surface area contributed by atoms with Crippen LogP contribution in [0.2, 0.25) is 0 Å². The molecule has 0 saturated carbocycles. The van der Waals surface area contributed by atoms with Gasteiger partial charge in [-0.3, -0.25) is 9.59 Å². The molecule has 0 fully saturated rings. The number of nitrogens with zero attached hydrogens (tertiary/aromatic N) is 2. The third-order valence-corrected chi connectivity index (χ3v) is 6.32. The van der Waals surface area contributed by atoms with E-state index >= 15 is 0 Å². The molecule has 1 N–H and O–H groups in total. The van der Waals surface area contributed by atoms with Crippen molar-refractivity contribution in [3.63, 3.8) is 0 Å². The van der Waals surface area contributed by atoms with Crippen molar-refractivity contribution in [1.82, 2.24) is 9.30 Å². The Balaban J connectivity index is 1.58. The molecule has 0 spiro atoms. The average molecular weight is 462 g/mol. The smallest absolute Gasteiger partial charge is 0.416 e. The monoisotopic (exact) mass is 462 g/mol. The molecule has 174 valence electrons. The molecular formula is C24H22F4N2O3. The Kier molecular flexibility index (Phi) is 5.90. The molecule has 0 saturated heterocycles. The summed E-state index contributed by atoms with van der Waals surface area (Å²) in [7, 11) is 1.56. The van der Waals surface area contributed by atoms with Gasteiger partial charge in [-0.15, -0.1) is 0 Å². The van der Waals surface area contributed by atoms with E-state index < -0.39 is 35.9 Å². The van der Waals surface area contributed by atoms with E-state index in [0.717, 1.165) is 34.5 Å². The van der Waals surface area contributed by atoms with E-state index in [9.17, 15) is 32.3 Å². The van der Waals surface area contributed by atoms with Crippen LogP contribution in [0.25, 0.3) is 5.52 Å². The van der Waals surface area contributed by atoms with Crippen molar-refractivity contribution in [1.29, 1.82) is 0 Å². The second-order valence-corrected chi connectivity index (χ2v) is 8.31. The highest BCUT2D eigenvalue weighted by molar-refractivity contribution is 5.80. The number of carboxylic acids is 1.